The Hall–Kier alpha value is -2.98. The first-order valence-corrected chi connectivity index (χ1v) is 10.2. The highest BCUT2D eigenvalue weighted by atomic mass is 35.5. The minimum Gasteiger partial charge on any atom is -0.422 e. The summed E-state index contributed by atoms with van der Waals surface area (Å²) in [7, 11) is 0. The predicted molar refractivity (Wildman–Crippen MR) is 121 cm³/mol. The molecule has 3 aromatic carbocycles. The third-order valence-corrected chi connectivity index (χ3v) is 5.98. The fourth-order valence-electron chi connectivity index (χ4n) is 4.25. The van der Waals surface area contributed by atoms with Crippen molar-refractivity contribution < 1.29 is 4.42 Å². The lowest BCUT2D eigenvalue weighted by Gasteiger charge is -2.38. The molecular formula is C24H21ClN2O2. The van der Waals surface area contributed by atoms with Gasteiger partial charge in [-0.25, -0.2) is 4.79 Å². The fourth-order valence-corrected chi connectivity index (χ4v) is 4.41. The number of fused-ring (bicyclic) bond motifs is 3. The van der Waals surface area contributed by atoms with Crippen molar-refractivity contribution >= 4 is 44.7 Å². The molecule has 146 valence electrons. The van der Waals surface area contributed by atoms with E-state index in [4.69, 9.17) is 16.0 Å². The lowest BCUT2D eigenvalue weighted by Crippen LogP contribution is -2.47. The summed E-state index contributed by atoms with van der Waals surface area (Å²) in [4.78, 5) is 17.0. The highest BCUT2D eigenvalue weighted by molar-refractivity contribution is 6.30. The van der Waals surface area contributed by atoms with Gasteiger partial charge in [0.15, 0.2) is 0 Å². The van der Waals surface area contributed by atoms with Crippen molar-refractivity contribution in [1.82, 2.24) is 0 Å². The monoisotopic (exact) mass is 404 g/mol. The van der Waals surface area contributed by atoms with Crippen LogP contribution in [-0.2, 0) is 0 Å². The summed E-state index contributed by atoms with van der Waals surface area (Å²) in [5, 5.41) is 3.78. The Morgan fingerprint density at radius 3 is 2.34 bits per heavy atom. The maximum Gasteiger partial charge on any atom is 0.338 e. The van der Waals surface area contributed by atoms with Crippen LogP contribution in [0.4, 0.5) is 11.4 Å². The third kappa shape index (κ3) is 3.23. The summed E-state index contributed by atoms with van der Waals surface area (Å²) in [5.41, 5.74) is 3.71. The Morgan fingerprint density at radius 1 is 0.828 bits per heavy atom. The van der Waals surface area contributed by atoms with E-state index in [1.165, 1.54) is 11.3 Å². The molecule has 0 atom stereocenters. The van der Waals surface area contributed by atoms with Crippen molar-refractivity contribution in [2.24, 2.45) is 0 Å². The van der Waals surface area contributed by atoms with Crippen molar-refractivity contribution in [1.29, 1.82) is 0 Å². The molecular weight excluding hydrogens is 384 g/mol. The van der Waals surface area contributed by atoms with Gasteiger partial charge in [-0.2, -0.15) is 0 Å². The van der Waals surface area contributed by atoms with E-state index in [0.29, 0.717) is 5.58 Å². The summed E-state index contributed by atoms with van der Waals surface area (Å²) in [5.74, 6) is 0. The van der Waals surface area contributed by atoms with Gasteiger partial charge in [0, 0.05) is 53.7 Å². The molecule has 1 aliphatic heterocycles. The van der Waals surface area contributed by atoms with Gasteiger partial charge in [0.05, 0.1) is 5.69 Å². The first-order valence-electron chi connectivity index (χ1n) is 9.82. The Labute approximate surface area is 173 Å². The molecule has 1 aliphatic rings. The van der Waals surface area contributed by atoms with E-state index in [9.17, 15) is 4.79 Å². The van der Waals surface area contributed by atoms with E-state index in [1.54, 1.807) is 6.07 Å². The molecule has 0 bridgehead atoms. The second-order valence-electron chi connectivity index (χ2n) is 7.52. The highest BCUT2D eigenvalue weighted by Gasteiger charge is 2.21. The summed E-state index contributed by atoms with van der Waals surface area (Å²) in [6.45, 7) is 5.51. The molecule has 4 aromatic rings. The van der Waals surface area contributed by atoms with Crippen LogP contribution in [0.1, 0.15) is 5.56 Å². The summed E-state index contributed by atoms with van der Waals surface area (Å²) in [6, 6.07) is 19.8. The largest absolute Gasteiger partial charge is 0.422 e. The number of piperazine rings is 1. The van der Waals surface area contributed by atoms with Crippen molar-refractivity contribution in [3.05, 3.63) is 81.7 Å². The zero-order valence-electron chi connectivity index (χ0n) is 16.2. The van der Waals surface area contributed by atoms with Gasteiger partial charge in [-0.1, -0.05) is 48.0 Å². The van der Waals surface area contributed by atoms with Crippen LogP contribution >= 0.6 is 11.6 Å². The molecule has 0 unspecified atom stereocenters. The minimum atomic E-state index is -0.308. The molecule has 0 radical (unpaired) electrons. The SMILES string of the molecule is Cc1ccc(Cl)cc1N1CCN(c2cc(=O)oc3c2ccc2ccccc23)CC1. The van der Waals surface area contributed by atoms with Crippen LogP contribution in [0, 0.1) is 6.92 Å². The first-order chi connectivity index (χ1) is 14.1. The second kappa shape index (κ2) is 7.12. The van der Waals surface area contributed by atoms with Crippen LogP contribution in [0.25, 0.3) is 21.7 Å². The fraction of sp³-hybridized carbons (Fsp3) is 0.208. The number of rotatable bonds is 2. The molecule has 0 aliphatic carbocycles. The first kappa shape index (κ1) is 18.1. The van der Waals surface area contributed by atoms with Crippen LogP contribution < -0.4 is 15.4 Å². The van der Waals surface area contributed by atoms with Crippen LogP contribution in [0.2, 0.25) is 5.02 Å². The van der Waals surface area contributed by atoms with Gasteiger partial charge in [-0.3, -0.25) is 0 Å². The summed E-state index contributed by atoms with van der Waals surface area (Å²) in [6.07, 6.45) is 0. The van der Waals surface area contributed by atoms with Gasteiger partial charge in [-0.15, -0.1) is 0 Å². The van der Waals surface area contributed by atoms with E-state index in [0.717, 1.165) is 53.0 Å². The molecule has 5 rings (SSSR count). The van der Waals surface area contributed by atoms with Crippen molar-refractivity contribution in [3.8, 4) is 0 Å². The van der Waals surface area contributed by atoms with Gasteiger partial charge >= 0.3 is 5.63 Å². The van der Waals surface area contributed by atoms with E-state index in [-0.39, 0.29) is 5.63 Å². The van der Waals surface area contributed by atoms with Gasteiger partial charge in [0.1, 0.15) is 5.58 Å². The zero-order valence-corrected chi connectivity index (χ0v) is 16.9. The molecule has 0 N–H and O–H groups in total. The Kier molecular flexibility index (Phi) is 4.44. The number of hydrogen-bond acceptors (Lipinski definition) is 4. The molecule has 0 amide bonds. The van der Waals surface area contributed by atoms with Crippen molar-refractivity contribution in [2.75, 3.05) is 36.0 Å². The minimum absolute atomic E-state index is 0.308. The Bertz CT molecular complexity index is 1270. The molecule has 1 saturated heterocycles. The topological polar surface area (TPSA) is 36.7 Å². The lowest BCUT2D eigenvalue weighted by atomic mass is 10.1. The number of benzene rings is 3. The molecule has 1 aromatic heterocycles. The third-order valence-electron chi connectivity index (χ3n) is 5.75. The van der Waals surface area contributed by atoms with E-state index in [2.05, 4.69) is 34.9 Å². The quantitative estimate of drug-likeness (QED) is 0.338. The number of halogens is 1. The van der Waals surface area contributed by atoms with E-state index in [1.807, 2.05) is 36.4 Å². The average Bonchev–Trinajstić information content (AvgIpc) is 2.75. The molecule has 29 heavy (non-hydrogen) atoms. The smallest absolute Gasteiger partial charge is 0.338 e. The van der Waals surface area contributed by atoms with Crippen molar-refractivity contribution in [3.63, 3.8) is 0 Å². The van der Waals surface area contributed by atoms with Crippen LogP contribution in [0.5, 0.6) is 0 Å². The molecule has 0 saturated carbocycles. The molecule has 2 heterocycles. The number of nitrogens with zero attached hydrogens (tertiary/aromatic N) is 2. The zero-order chi connectivity index (χ0) is 20.0. The van der Waals surface area contributed by atoms with E-state index < -0.39 is 0 Å². The standard InChI is InChI=1S/C24H21ClN2O2/c1-16-6-8-18(25)14-21(16)26-10-12-27(13-11-26)22-15-23(28)29-24-19-5-3-2-4-17(19)7-9-20(22)24/h2-9,14-15H,10-13H2,1H3. The van der Waals surface area contributed by atoms with Crippen LogP contribution in [0.15, 0.2) is 69.9 Å². The van der Waals surface area contributed by atoms with Crippen molar-refractivity contribution in [2.45, 2.75) is 6.92 Å². The maximum absolute atomic E-state index is 12.3. The Morgan fingerprint density at radius 2 is 1.55 bits per heavy atom. The van der Waals surface area contributed by atoms with E-state index >= 15 is 0 Å². The number of aryl methyl sites for hydroxylation is 1. The summed E-state index contributed by atoms with van der Waals surface area (Å²) < 4.78 is 5.62. The average molecular weight is 405 g/mol. The molecule has 0 spiro atoms. The molecule has 1 fully saturated rings. The van der Waals surface area contributed by atoms with Crippen LogP contribution in [-0.4, -0.2) is 26.2 Å². The number of anilines is 2. The molecule has 5 heteroatoms. The van der Waals surface area contributed by atoms with Gasteiger partial charge in [-0.05, 0) is 36.1 Å². The summed E-state index contributed by atoms with van der Waals surface area (Å²) >= 11 is 6.21. The molecule has 4 nitrogen and oxygen atoms in total. The number of hydrogen-bond donors (Lipinski definition) is 0. The predicted octanol–water partition coefficient (Wildman–Crippen LogP) is 5.23. The normalized spacial score (nSPS) is 14.7. The van der Waals surface area contributed by atoms with Gasteiger partial charge in [0.2, 0.25) is 0 Å². The lowest BCUT2D eigenvalue weighted by molar-refractivity contribution is 0.562. The maximum atomic E-state index is 12.3. The highest BCUT2D eigenvalue weighted by Crippen LogP contribution is 2.32. The second-order valence-corrected chi connectivity index (χ2v) is 7.96. The van der Waals surface area contributed by atoms with Crippen LogP contribution in [0.3, 0.4) is 0 Å². The Balaban J connectivity index is 1.50. The van der Waals surface area contributed by atoms with Gasteiger partial charge < -0.3 is 14.2 Å². The van der Waals surface area contributed by atoms with Gasteiger partial charge in [0.25, 0.3) is 0 Å².